The van der Waals surface area contributed by atoms with Crippen molar-refractivity contribution in [1.29, 1.82) is 0 Å². The summed E-state index contributed by atoms with van der Waals surface area (Å²) in [5, 5.41) is 0. The molecule has 2 heterocycles. The number of rotatable bonds is 0. The molecule has 0 fully saturated rings. The topological polar surface area (TPSA) is 45.7 Å². The van der Waals surface area contributed by atoms with Crippen LogP contribution in [0.15, 0.2) is 61.2 Å². The Kier molecular flexibility index (Phi) is 37.9. The molecule has 0 aliphatic rings. The Bertz CT molecular complexity index is 354. The standard InChI is InChI=1S/2C5H5N.C4H6.CO.2BrH.Mo/c2*1-2-4-6-5-3-1;1-3-4-2;1-2;;;/h2*1-5H;1-2H3;;2*1H;/q;;;;;;+2/p-2. The smallest absolute Gasteiger partial charge is 0.0267 e. The van der Waals surface area contributed by atoms with E-state index >= 15 is 0 Å². The third kappa shape index (κ3) is 38.2. The van der Waals surface area contributed by atoms with E-state index in [-0.39, 0.29) is 14.5 Å². The molecule has 21 heavy (non-hydrogen) atoms. The molecular weight excluding hydrogens is 480 g/mol. The van der Waals surface area contributed by atoms with Crippen LogP contribution in [0, 0.1) is 18.5 Å². The summed E-state index contributed by atoms with van der Waals surface area (Å²) in [7, 11) is 0. The van der Waals surface area contributed by atoms with E-state index in [1.807, 2.05) is 50.2 Å². The number of pyridine rings is 2. The minimum absolute atomic E-state index is 0.0950. The Morgan fingerprint density at radius 2 is 1.00 bits per heavy atom. The van der Waals surface area contributed by atoms with Gasteiger partial charge >= 0.3 is 52.3 Å². The van der Waals surface area contributed by atoms with E-state index in [1.54, 1.807) is 24.8 Å². The number of hydrogen-bond acceptors (Lipinski definition) is 2. The summed E-state index contributed by atoms with van der Waals surface area (Å²) in [5.74, 6) is 5.36. The number of nitrogens with zero attached hydrogens (tertiary/aromatic N) is 2. The van der Waals surface area contributed by atoms with Gasteiger partial charge in [-0.15, -0.1) is 11.8 Å². The van der Waals surface area contributed by atoms with Gasteiger partial charge in [0.2, 0.25) is 0 Å². The number of halogens is 2. The average molecular weight is 496 g/mol. The van der Waals surface area contributed by atoms with Crippen molar-refractivity contribution < 1.29 is 19.1 Å². The molecule has 0 unspecified atom stereocenters. The van der Waals surface area contributed by atoms with Gasteiger partial charge in [-0.1, -0.05) is 12.1 Å². The van der Waals surface area contributed by atoms with Crippen molar-refractivity contribution in [2.24, 2.45) is 0 Å². The fourth-order valence-electron chi connectivity index (χ4n) is 0.625. The Balaban J connectivity index is -0.000000205. The van der Waals surface area contributed by atoms with E-state index in [4.69, 9.17) is 4.65 Å². The van der Waals surface area contributed by atoms with Crippen LogP contribution in [-0.2, 0) is 19.1 Å². The van der Waals surface area contributed by atoms with Crippen LogP contribution in [0.25, 0.3) is 0 Å². The summed E-state index contributed by atoms with van der Waals surface area (Å²) >= 11 is 6.48. The van der Waals surface area contributed by atoms with Gasteiger partial charge in [0.15, 0.2) is 0 Å². The molecule has 3 nitrogen and oxygen atoms in total. The Labute approximate surface area is 148 Å². The van der Waals surface area contributed by atoms with Gasteiger partial charge < -0.3 is 0 Å². The van der Waals surface area contributed by atoms with Gasteiger partial charge in [-0.3, -0.25) is 9.97 Å². The first kappa shape index (κ1) is 25.2. The predicted octanol–water partition coefficient (Wildman–Crippen LogP) is 4.84. The summed E-state index contributed by atoms with van der Waals surface area (Å²) in [5.41, 5.74) is 0. The van der Waals surface area contributed by atoms with E-state index in [0.717, 1.165) is 0 Å². The van der Waals surface area contributed by atoms with Crippen LogP contribution in [0.4, 0.5) is 0 Å². The molecule has 0 spiro atoms. The second kappa shape index (κ2) is 31.6. The van der Waals surface area contributed by atoms with Crippen LogP contribution >= 0.6 is 26.6 Å². The second-order valence-corrected chi connectivity index (χ2v) is 11.9. The first-order valence-corrected chi connectivity index (χ1v) is 14.6. The summed E-state index contributed by atoms with van der Waals surface area (Å²) in [4.78, 5) is 7.57. The normalized spacial score (nSPS) is 6.19. The third-order valence-corrected chi connectivity index (χ3v) is 1.38. The van der Waals surface area contributed by atoms with Crippen molar-refractivity contribution in [3.05, 3.63) is 67.8 Å². The van der Waals surface area contributed by atoms with Crippen LogP contribution in [0.5, 0.6) is 0 Å². The maximum atomic E-state index is 7.50. The Morgan fingerprint density at radius 1 is 0.762 bits per heavy atom. The van der Waals surface area contributed by atoms with Crippen molar-refractivity contribution in [2.45, 2.75) is 13.8 Å². The average Bonchev–Trinajstić information content (AvgIpc) is 2.61. The molecule has 0 atom stereocenters. The zero-order valence-corrected chi connectivity index (χ0v) is 16.9. The molecule has 0 aliphatic carbocycles. The second-order valence-electron chi connectivity index (χ2n) is 2.61. The van der Waals surface area contributed by atoms with Crippen molar-refractivity contribution in [3.8, 4) is 11.8 Å². The van der Waals surface area contributed by atoms with Gasteiger partial charge in [-0.25, -0.2) is 0 Å². The molecule has 0 N–H and O–H groups in total. The predicted molar refractivity (Wildman–Crippen MR) is 89.4 cm³/mol. The van der Waals surface area contributed by atoms with Crippen molar-refractivity contribution in [2.75, 3.05) is 0 Å². The van der Waals surface area contributed by atoms with E-state index in [1.165, 1.54) is 0 Å². The molecule has 0 amide bonds. The summed E-state index contributed by atoms with van der Waals surface area (Å²) in [6, 6.07) is 11.4. The van der Waals surface area contributed by atoms with Crippen molar-refractivity contribution in [1.82, 2.24) is 9.97 Å². The van der Waals surface area contributed by atoms with E-state index in [0.29, 0.717) is 0 Å². The van der Waals surface area contributed by atoms with Gasteiger partial charge in [0.1, 0.15) is 0 Å². The van der Waals surface area contributed by atoms with E-state index in [2.05, 4.69) is 55.1 Å². The summed E-state index contributed by atoms with van der Waals surface area (Å²) in [6.45, 7) is 8.14. The maximum Gasteiger partial charge on any atom is 0.0267 e. The fraction of sp³-hybridized carbons (Fsp3) is 0.133. The molecule has 0 aromatic carbocycles. The zero-order chi connectivity index (χ0) is 16.6. The van der Waals surface area contributed by atoms with Gasteiger partial charge in [-0.05, 0) is 38.1 Å². The molecule has 2 aromatic rings. The molecule has 2 aromatic heterocycles. The quantitative estimate of drug-likeness (QED) is 0.227. The first-order valence-electron chi connectivity index (χ1n) is 5.46. The molecule has 0 bridgehead atoms. The van der Waals surface area contributed by atoms with Gasteiger partial charge in [0.05, 0.1) is 0 Å². The summed E-state index contributed by atoms with van der Waals surface area (Å²) < 4.78 is 7.50. The van der Waals surface area contributed by atoms with Gasteiger partial charge in [0.25, 0.3) is 0 Å². The Morgan fingerprint density at radius 3 is 1.05 bits per heavy atom. The zero-order valence-electron chi connectivity index (χ0n) is 11.7. The number of hydrogen-bond donors (Lipinski definition) is 0. The van der Waals surface area contributed by atoms with Crippen LogP contribution < -0.4 is 0 Å². The molecule has 0 radical (unpaired) electrons. The molecule has 0 aliphatic heterocycles. The number of aromatic nitrogens is 2. The van der Waals surface area contributed by atoms with Crippen LogP contribution in [0.2, 0.25) is 0 Å². The van der Waals surface area contributed by atoms with Crippen LogP contribution in [-0.4, -0.2) is 9.97 Å². The van der Waals surface area contributed by atoms with Crippen LogP contribution in [0.1, 0.15) is 13.8 Å². The fourth-order valence-corrected chi connectivity index (χ4v) is 0.625. The molecule has 112 valence electrons. The molecule has 0 saturated carbocycles. The molecule has 6 heteroatoms. The monoisotopic (exact) mass is 496 g/mol. The van der Waals surface area contributed by atoms with Crippen LogP contribution in [0.3, 0.4) is 0 Å². The SMILES string of the molecule is CC#CC.[Br][Mo][Br].[C-]#[O+].c1ccncc1.c1ccncc1. The van der Waals surface area contributed by atoms with E-state index < -0.39 is 0 Å². The van der Waals surface area contributed by atoms with E-state index in [9.17, 15) is 0 Å². The maximum absolute atomic E-state index is 7.50. The summed E-state index contributed by atoms with van der Waals surface area (Å²) in [6.07, 6.45) is 7.00. The van der Waals surface area contributed by atoms with Crippen molar-refractivity contribution >= 4 is 26.6 Å². The largest absolute Gasteiger partial charge is 0.265 e. The van der Waals surface area contributed by atoms with Crippen molar-refractivity contribution in [3.63, 3.8) is 0 Å². The Hall–Kier alpha value is -0.752. The van der Waals surface area contributed by atoms with Gasteiger partial charge in [-0.2, -0.15) is 0 Å². The first-order chi connectivity index (χ1) is 10.3. The third-order valence-electron chi connectivity index (χ3n) is 1.38. The van der Waals surface area contributed by atoms with Gasteiger partial charge in [0, 0.05) is 24.8 Å². The molecule has 0 saturated heterocycles. The minimum Gasteiger partial charge on any atom is -0.265 e. The molecular formula is C15H16Br2MoN2O. The minimum atomic E-state index is 0.0950. The molecule has 2 rings (SSSR count).